The average Bonchev–Trinajstić information content (AvgIpc) is 3.02. The van der Waals surface area contributed by atoms with Crippen LogP contribution in [0.1, 0.15) is 65.1 Å². The van der Waals surface area contributed by atoms with Crippen molar-refractivity contribution in [2.45, 2.75) is 45.4 Å². The largest absolute Gasteiger partial charge is 0.462 e. The van der Waals surface area contributed by atoms with Crippen molar-refractivity contribution >= 4 is 29.5 Å². The Hall–Kier alpha value is -3.42. The molecule has 0 radical (unpaired) electrons. The monoisotopic (exact) mass is 427 g/mol. The van der Waals surface area contributed by atoms with Crippen molar-refractivity contribution in [3.05, 3.63) is 52.8 Å². The fourth-order valence-electron chi connectivity index (χ4n) is 3.78. The van der Waals surface area contributed by atoms with Gasteiger partial charge in [0.1, 0.15) is 11.3 Å². The number of ketones is 1. The van der Waals surface area contributed by atoms with Crippen molar-refractivity contribution < 1.29 is 33.1 Å². The van der Waals surface area contributed by atoms with Crippen LogP contribution in [0.2, 0.25) is 0 Å². The molecule has 0 unspecified atom stereocenters. The van der Waals surface area contributed by atoms with E-state index in [1.54, 1.807) is 6.92 Å². The molecule has 2 aromatic rings. The molecule has 1 amide bonds. The van der Waals surface area contributed by atoms with Crippen molar-refractivity contribution in [3.63, 3.8) is 0 Å². The minimum absolute atomic E-state index is 0.0447. The fourth-order valence-corrected chi connectivity index (χ4v) is 3.78. The quantitative estimate of drug-likeness (QED) is 0.506. The summed E-state index contributed by atoms with van der Waals surface area (Å²) in [5.41, 5.74) is 0.0271. The first-order valence-electron chi connectivity index (χ1n) is 10.1. The van der Waals surface area contributed by atoms with Crippen LogP contribution in [-0.2, 0) is 24.5 Å². The van der Waals surface area contributed by atoms with Gasteiger partial charge in [0.25, 0.3) is 5.91 Å². The van der Waals surface area contributed by atoms with Gasteiger partial charge < -0.3 is 13.9 Å². The van der Waals surface area contributed by atoms with Gasteiger partial charge in [-0.25, -0.2) is 4.79 Å². The lowest BCUT2D eigenvalue weighted by atomic mass is 9.64. The molecular formula is C23H25NO7. The van der Waals surface area contributed by atoms with E-state index in [1.165, 1.54) is 13.8 Å². The van der Waals surface area contributed by atoms with Crippen molar-refractivity contribution in [3.8, 4) is 0 Å². The number of nitrogens with one attached hydrogen (secondary N) is 1. The summed E-state index contributed by atoms with van der Waals surface area (Å²) in [7, 11) is 0. The molecule has 0 spiro atoms. The standard InChI is InChI=1S/C23H25NO7/c1-4-29-21(27)19-18(14(2)25)15(3)31-20(19)24-17(26)13-30-22(28)23(11-8-12-23)16-9-6-5-7-10-16/h5-7,9-10H,4,8,11-13H2,1-3H3,(H,24,26). The van der Waals surface area contributed by atoms with Crippen LogP contribution in [0, 0.1) is 6.92 Å². The Balaban J connectivity index is 1.71. The highest BCUT2D eigenvalue weighted by atomic mass is 16.5. The summed E-state index contributed by atoms with van der Waals surface area (Å²) >= 11 is 0. The van der Waals surface area contributed by atoms with Gasteiger partial charge in [-0.1, -0.05) is 36.8 Å². The Morgan fingerprint density at radius 1 is 1.06 bits per heavy atom. The van der Waals surface area contributed by atoms with Crippen LogP contribution >= 0.6 is 0 Å². The molecule has 8 heteroatoms. The molecule has 164 valence electrons. The first-order chi connectivity index (χ1) is 14.8. The third-order valence-corrected chi connectivity index (χ3v) is 5.43. The Kier molecular flexibility index (Phi) is 6.58. The molecule has 1 aromatic heterocycles. The third kappa shape index (κ3) is 4.38. The van der Waals surface area contributed by atoms with Gasteiger partial charge in [0.05, 0.1) is 17.6 Å². The van der Waals surface area contributed by atoms with Gasteiger partial charge in [-0.15, -0.1) is 0 Å². The summed E-state index contributed by atoms with van der Waals surface area (Å²) in [5.74, 6) is -2.36. The molecule has 0 bridgehead atoms. The van der Waals surface area contributed by atoms with E-state index in [0.29, 0.717) is 12.8 Å². The number of ether oxygens (including phenoxy) is 2. The van der Waals surface area contributed by atoms with Gasteiger partial charge in [0.2, 0.25) is 5.88 Å². The van der Waals surface area contributed by atoms with Crippen LogP contribution in [0.5, 0.6) is 0 Å². The summed E-state index contributed by atoms with van der Waals surface area (Å²) in [4.78, 5) is 49.5. The molecule has 0 atom stereocenters. The molecule has 0 aliphatic heterocycles. The lowest BCUT2D eigenvalue weighted by molar-refractivity contribution is -0.156. The number of esters is 2. The smallest absolute Gasteiger partial charge is 0.344 e. The topological polar surface area (TPSA) is 112 Å². The second kappa shape index (κ2) is 9.16. The van der Waals surface area contributed by atoms with Gasteiger partial charge in [0, 0.05) is 0 Å². The Morgan fingerprint density at radius 3 is 2.29 bits per heavy atom. The molecule has 1 aliphatic carbocycles. The molecule has 1 N–H and O–H groups in total. The first-order valence-corrected chi connectivity index (χ1v) is 10.1. The minimum atomic E-state index is -0.783. The zero-order chi connectivity index (χ0) is 22.6. The summed E-state index contributed by atoms with van der Waals surface area (Å²) in [5, 5.41) is 2.41. The van der Waals surface area contributed by atoms with Gasteiger partial charge in [-0.05, 0) is 39.2 Å². The van der Waals surface area contributed by atoms with E-state index >= 15 is 0 Å². The highest BCUT2D eigenvalue weighted by molar-refractivity contribution is 6.10. The average molecular weight is 427 g/mol. The summed E-state index contributed by atoms with van der Waals surface area (Å²) in [6, 6.07) is 9.34. The number of carbonyl (C=O) groups is 4. The van der Waals surface area contributed by atoms with Crippen molar-refractivity contribution in [1.29, 1.82) is 0 Å². The zero-order valence-corrected chi connectivity index (χ0v) is 17.8. The number of rotatable bonds is 8. The fraction of sp³-hybridized carbons (Fsp3) is 0.391. The minimum Gasteiger partial charge on any atom is -0.462 e. The maximum atomic E-state index is 12.8. The molecule has 1 aliphatic rings. The Labute approximate surface area is 179 Å². The first kappa shape index (κ1) is 22.3. The number of hydrogen-bond donors (Lipinski definition) is 1. The van der Waals surface area contributed by atoms with Crippen LogP contribution in [0.25, 0.3) is 0 Å². The highest BCUT2D eigenvalue weighted by Gasteiger charge is 2.47. The molecule has 8 nitrogen and oxygen atoms in total. The van der Waals surface area contributed by atoms with E-state index in [4.69, 9.17) is 13.9 Å². The molecule has 0 saturated heterocycles. The summed E-state index contributed by atoms with van der Waals surface area (Å²) in [6.07, 6.45) is 2.21. The molecule has 31 heavy (non-hydrogen) atoms. The second-order valence-corrected chi connectivity index (χ2v) is 7.44. The predicted octanol–water partition coefficient (Wildman–Crippen LogP) is 3.57. The van der Waals surface area contributed by atoms with Crippen LogP contribution in [0.3, 0.4) is 0 Å². The second-order valence-electron chi connectivity index (χ2n) is 7.44. The van der Waals surface area contributed by atoms with Crippen LogP contribution in [0.4, 0.5) is 5.88 Å². The Bertz CT molecular complexity index is 1000. The van der Waals surface area contributed by atoms with E-state index in [2.05, 4.69) is 5.32 Å². The predicted molar refractivity (Wildman–Crippen MR) is 111 cm³/mol. The number of aryl methyl sites for hydroxylation is 1. The summed E-state index contributed by atoms with van der Waals surface area (Å²) in [6.45, 7) is 3.96. The number of hydrogen-bond acceptors (Lipinski definition) is 7. The highest BCUT2D eigenvalue weighted by Crippen LogP contribution is 2.44. The van der Waals surface area contributed by atoms with Crippen LogP contribution in [0.15, 0.2) is 34.7 Å². The van der Waals surface area contributed by atoms with E-state index in [1.807, 2.05) is 30.3 Å². The molecule has 3 rings (SSSR count). The lowest BCUT2D eigenvalue weighted by Gasteiger charge is -2.39. The van der Waals surface area contributed by atoms with Gasteiger partial charge in [-0.2, -0.15) is 0 Å². The number of amides is 1. The van der Waals surface area contributed by atoms with Crippen LogP contribution in [-0.4, -0.2) is 36.8 Å². The molecular weight excluding hydrogens is 402 g/mol. The maximum absolute atomic E-state index is 12.8. The summed E-state index contributed by atoms with van der Waals surface area (Å²) < 4.78 is 15.7. The Morgan fingerprint density at radius 2 is 1.74 bits per heavy atom. The number of benzene rings is 1. The molecule has 1 heterocycles. The van der Waals surface area contributed by atoms with E-state index in [0.717, 1.165) is 12.0 Å². The molecule has 1 saturated carbocycles. The van der Waals surface area contributed by atoms with Crippen molar-refractivity contribution in [2.24, 2.45) is 0 Å². The van der Waals surface area contributed by atoms with Gasteiger partial charge in [-0.3, -0.25) is 19.7 Å². The van der Waals surface area contributed by atoms with Crippen molar-refractivity contribution in [1.82, 2.24) is 0 Å². The third-order valence-electron chi connectivity index (χ3n) is 5.43. The van der Waals surface area contributed by atoms with E-state index in [9.17, 15) is 19.2 Å². The van der Waals surface area contributed by atoms with Gasteiger partial charge >= 0.3 is 11.9 Å². The number of Topliss-reactive ketones (excluding diaryl/α,β-unsaturated/α-hetero) is 1. The normalized spacial score (nSPS) is 14.3. The SMILES string of the molecule is CCOC(=O)c1c(NC(=O)COC(=O)C2(c3ccccc3)CCC2)oc(C)c1C(C)=O. The zero-order valence-electron chi connectivity index (χ0n) is 17.8. The maximum Gasteiger partial charge on any atom is 0.344 e. The van der Waals surface area contributed by atoms with Gasteiger partial charge in [0.15, 0.2) is 12.4 Å². The molecule has 1 aromatic carbocycles. The van der Waals surface area contributed by atoms with E-state index in [-0.39, 0.29) is 29.4 Å². The number of anilines is 1. The number of furan rings is 1. The van der Waals surface area contributed by atoms with E-state index < -0.39 is 35.7 Å². The lowest BCUT2D eigenvalue weighted by Crippen LogP contribution is -2.44. The van der Waals surface area contributed by atoms with Crippen molar-refractivity contribution in [2.75, 3.05) is 18.5 Å². The number of carbonyl (C=O) groups excluding carboxylic acids is 4. The van der Waals surface area contributed by atoms with Crippen LogP contribution < -0.4 is 5.32 Å². The molecule has 1 fully saturated rings.